The minimum atomic E-state index is -0.157. The Hall–Kier alpha value is -2.49. The number of aryl methyl sites for hydroxylation is 1. The third-order valence-corrected chi connectivity index (χ3v) is 3.41. The Labute approximate surface area is 131 Å². The van der Waals surface area contributed by atoms with E-state index in [9.17, 15) is 4.79 Å². The Balaban J connectivity index is 1.70. The number of carbonyl (C=O) groups excluding carboxylic acids is 1. The van der Waals surface area contributed by atoms with Gasteiger partial charge in [-0.1, -0.05) is 42.0 Å². The molecular formula is C18H22N2O2. The first-order valence-electron chi connectivity index (χ1n) is 7.37. The molecule has 2 N–H and O–H groups in total. The maximum Gasteiger partial charge on any atom is 0.315 e. The van der Waals surface area contributed by atoms with E-state index in [1.54, 1.807) is 7.11 Å². The van der Waals surface area contributed by atoms with Crippen molar-refractivity contribution in [1.29, 1.82) is 0 Å². The molecule has 0 atom stereocenters. The van der Waals surface area contributed by atoms with E-state index in [0.29, 0.717) is 13.1 Å². The first-order chi connectivity index (χ1) is 10.7. The van der Waals surface area contributed by atoms with Gasteiger partial charge in [0.15, 0.2) is 0 Å². The van der Waals surface area contributed by atoms with Gasteiger partial charge in [-0.2, -0.15) is 0 Å². The second-order valence-electron chi connectivity index (χ2n) is 5.20. The molecule has 0 heterocycles. The van der Waals surface area contributed by atoms with Crippen molar-refractivity contribution in [1.82, 2.24) is 10.6 Å². The molecule has 116 valence electrons. The van der Waals surface area contributed by atoms with Gasteiger partial charge in [0.2, 0.25) is 0 Å². The fourth-order valence-electron chi connectivity index (χ4n) is 2.10. The number of nitrogens with one attached hydrogen (secondary N) is 2. The maximum absolute atomic E-state index is 11.8. The lowest BCUT2D eigenvalue weighted by atomic mass is 10.1. The molecule has 0 aliphatic heterocycles. The number of hydrogen-bond acceptors (Lipinski definition) is 2. The average Bonchev–Trinajstić information content (AvgIpc) is 2.55. The summed E-state index contributed by atoms with van der Waals surface area (Å²) in [7, 11) is 1.63. The highest BCUT2D eigenvalue weighted by atomic mass is 16.5. The SMILES string of the molecule is COc1cccc(CNC(=O)NCCc2ccc(C)cc2)c1. The van der Waals surface area contributed by atoms with Crippen LogP contribution in [-0.2, 0) is 13.0 Å². The predicted octanol–water partition coefficient (Wildman–Crippen LogP) is 3.05. The average molecular weight is 298 g/mol. The minimum Gasteiger partial charge on any atom is -0.497 e. The number of methoxy groups -OCH3 is 1. The Morgan fingerprint density at radius 3 is 2.55 bits per heavy atom. The van der Waals surface area contributed by atoms with Crippen LogP contribution in [0.2, 0.25) is 0 Å². The summed E-state index contributed by atoms with van der Waals surface area (Å²) in [5.41, 5.74) is 3.47. The molecule has 0 fully saturated rings. The van der Waals surface area contributed by atoms with E-state index in [1.165, 1.54) is 11.1 Å². The summed E-state index contributed by atoms with van der Waals surface area (Å²) in [6, 6.07) is 15.8. The van der Waals surface area contributed by atoms with Crippen LogP contribution in [0.25, 0.3) is 0 Å². The number of amides is 2. The second kappa shape index (κ2) is 8.08. The van der Waals surface area contributed by atoms with E-state index in [2.05, 4.69) is 41.8 Å². The minimum absolute atomic E-state index is 0.157. The lowest BCUT2D eigenvalue weighted by Gasteiger charge is -2.09. The molecule has 0 bridgehead atoms. The van der Waals surface area contributed by atoms with Gasteiger partial charge in [0.25, 0.3) is 0 Å². The summed E-state index contributed by atoms with van der Waals surface area (Å²) in [5.74, 6) is 0.791. The van der Waals surface area contributed by atoms with Crippen molar-refractivity contribution < 1.29 is 9.53 Å². The van der Waals surface area contributed by atoms with Gasteiger partial charge in [-0.05, 0) is 36.6 Å². The second-order valence-corrected chi connectivity index (χ2v) is 5.20. The van der Waals surface area contributed by atoms with Gasteiger partial charge in [-0.3, -0.25) is 0 Å². The van der Waals surface area contributed by atoms with Crippen molar-refractivity contribution in [3.8, 4) is 5.75 Å². The van der Waals surface area contributed by atoms with E-state index in [-0.39, 0.29) is 6.03 Å². The van der Waals surface area contributed by atoms with Crippen LogP contribution in [0.1, 0.15) is 16.7 Å². The zero-order valence-corrected chi connectivity index (χ0v) is 13.1. The van der Waals surface area contributed by atoms with Gasteiger partial charge in [0, 0.05) is 13.1 Å². The topological polar surface area (TPSA) is 50.4 Å². The maximum atomic E-state index is 11.8. The number of rotatable bonds is 6. The first kappa shape index (κ1) is 15.9. The van der Waals surface area contributed by atoms with E-state index in [1.807, 2.05) is 24.3 Å². The van der Waals surface area contributed by atoms with Crippen LogP contribution in [0.4, 0.5) is 4.79 Å². The van der Waals surface area contributed by atoms with E-state index < -0.39 is 0 Å². The van der Waals surface area contributed by atoms with E-state index >= 15 is 0 Å². The quantitative estimate of drug-likeness (QED) is 0.861. The van der Waals surface area contributed by atoms with Crippen LogP contribution >= 0.6 is 0 Å². The summed E-state index contributed by atoms with van der Waals surface area (Å²) >= 11 is 0. The zero-order valence-electron chi connectivity index (χ0n) is 13.1. The normalized spacial score (nSPS) is 10.1. The van der Waals surface area contributed by atoms with Crippen LogP contribution in [0.3, 0.4) is 0 Å². The fourth-order valence-corrected chi connectivity index (χ4v) is 2.10. The van der Waals surface area contributed by atoms with Gasteiger partial charge in [0.05, 0.1) is 7.11 Å². The third kappa shape index (κ3) is 5.13. The number of carbonyl (C=O) groups is 1. The van der Waals surface area contributed by atoms with E-state index in [4.69, 9.17) is 4.74 Å². The van der Waals surface area contributed by atoms with E-state index in [0.717, 1.165) is 17.7 Å². The fraction of sp³-hybridized carbons (Fsp3) is 0.278. The van der Waals surface area contributed by atoms with Crippen molar-refractivity contribution in [3.63, 3.8) is 0 Å². The number of ether oxygens (including phenoxy) is 1. The lowest BCUT2D eigenvalue weighted by molar-refractivity contribution is 0.240. The van der Waals surface area contributed by atoms with Crippen LogP contribution in [0, 0.1) is 6.92 Å². The molecule has 0 aliphatic rings. The Morgan fingerprint density at radius 2 is 1.82 bits per heavy atom. The highest BCUT2D eigenvalue weighted by Crippen LogP contribution is 2.12. The van der Waals surface area contributed by atoms with Gasteiger partial charge in [-0.25, -0.2) is 4.79 Å². The van der Waals surface area contributed by atoms with Crippen LogP contribution in [0.5, 0.6) is 5.75 Å². The molecule has 0 radical (unpaired) electrons. The molecule has 4 nitrogen and oxygen atoms in total. The number of urea groups is 1. The summed E-state index contributed by atoms with van der Waals surface area (Å²) < 4.78 is 5.16. The van der Waals surface area contributed by atoms with Crippen molar-refractivity contribution >= 4 is 6.03 Å². The highest BCUT2D eigenvalue weighted by Gasteiger charge is 2.01. The van der Waals surface area contributed by atoms with Crippen molar-refractivity contribution in [2.45, 2.75) is 19.9 Å². The molecule has 2 amide bonds. The van der Waals surface area contributed by atoms with Crippen LogP contribution in [0.15, 0.2) is 48.5 Å². The lowest BCUT2D eigenvalue weighted by Crippen LogP contribution is -2.36. The summed E-state index contributed by atoms with van der Waals surface area (Å²) in [5, 5.41) is 5.70. The third-order valence-electron chi connectivity index (χ3n) is 3.41. The molecule has 4 heteroatoms. The molecule has 0 aliphatic carbocycles. The highest BCUT2D eigenvalue weighted by molar-refractivity contribution is 5.73. The number of hydrogen-bond donors (Lipinski definition) is 2. The van der Waals surface area contributed by atoms with Crippen molar-refractivity contribution in [2.75, 3.05) is 13.7 Å². The Bertz CT molecular complexity index is 609. The van der Waals surface area contributed by atoms with Crippen LogP contribution in [-0.4, -0.2) is 19.7 Å². The predicted molar refractivity (Wildman–Crippen MR) is 88.1 cm³/mol. The first-order valence-corrected chi connectivity index (χ1v) is 7.37. The number of benzene rings is 2. The summed E-state index contributed by atoms with van der Waals surface area (Å²) in [4.78, 5) is 11.8. The molecule has 0 aromatic heterocycles. The van der Waals surface area contributed by atoms with Crippen LogP contribution < -0.4 is 15.4 Å². The molecule has 0 saturated carbocycles. The molecule has 0 spiro atoms. The molecule has 22 heavy (non-hydrogen) atoms. The molecule has 2 aromatic carbocycles. The summed E-state index contributed by atoms with van der Waals surface area (Å²) in [6.45, 7) is 3.16. The zero-order chi connectivity index (χ0) is 15.8. The van der Waals surface area contributed by atoms with Crippen molar-refractivity contribution in [2.24, 2.45) is 0 Å². The monoisotopic (exact) mass is 298 g/mol. The smallest absolute Gasteiger partial charge is 0.315 e. The van der Waals surface area contributed by atoms with Gasteiger partial charge < -0.3 is 15.4 Å². The standard InChI is InChI=1S/C18H22N2O2/c1-14-6-8-15(9-7-14)10-11-19-18(21)20-13-16-4-3-5-17(12-16)22-2/h3-9,12H,10-11,13H2,1-2H3,(H2,19,20,21). The Morgan fingerprint density at radius 1 is 1.05 bits per heavy atom. The Kier molecular flexibility index (Phi) is 5.83. The van der Waals surface area contributed by atoms with Gasteiger partial charge >= 0.3 is 6.03 Å². The van der Waals surface area contributed by atoms with Gasteiger partial charge in [0.1, 0.15) is 5.75 Å². The van der Waals surface area contributed by atoms with Gasteiger partial charge in [-0.15, -0.1) is 0 Å². The summed E-state index contributed by atoms with van der Waals surface area (Å²) in [6.07, 6.45) is 0.826. The largest absolute Gasteiger partial charge is 0.497 e. The molecule has 0 unspecified atom stereocenters. The molecule has 2 rings (SSSR count). The van der Waals surface area contributed by atoms with Crippen molar-refractivity contribution in [3.05, 3.63) is 65.2 Å². The molecule has 2 aromatic rings. The molecular weight excluding hydrogens is 276 g/mol. The molecule has 0 saturated heterocycles.